The zero-order chi connectivity index (χ0) is 22.1. The molecule has 4 unspecified atom stereocenters. The Morgan fingerprint density at radius 3 is 2.77 bits per heavy atom. The summed E-state index contributed by atoms with van der Waals surface area (Å²) in [4.78, 5) is 11.6. The third-order valence-corrected chi connectivity index (χ3v) is 6.55. The van der Waals surface area contributed by atoms with Crippen molar-refractivity contribution in [1.82, 2.24) is 9.97 Å². The first kappa shape index (κ1) is 21.9. The van der Waals surface area contributed by atoms with Gasteiger partial charge in [0.1, 0.15) is 11.6 Å². The first-order chi connectivity index (χ1) is 14.9. The lowest BCUT2D eigenvalue weighted by molar-refractivity contribution is 0.0693. The van der Waals surface area contributed by atoms with Crippen molar-refractivity contribution in [2.75, 3.05) is 11.4 Å². The Hall–Kier alpha value is -2.30. The second-order valence-corrected chi connectivity index (χ2v) is 8.86. The highest BCUT2D eigenvalue weighted by Crippen LogP contribution is 2.36. The summed E-state index contributed by atoms with van der Waals surface area (Å²) in [6.07, 6.45) is -2.51. The normalized spacial score (nSPS) is 20.9. The number of halogens is 1. The van der Waals surface area contributed by atoms with Crippen LogP contribution in [0.2, 0.25) is 0 Å². The second kappa shape index (κ2) is 9.05. The average Bonchev–Trinajstić information content (AvgIpc) is 2.89. The van der Waals surface area contributed by atoms with Crippen molar-refractivity contribution in [3.8, 4) is 0 Å². The fourth-order valence-corrected chi connectivity index (χ4v) is 4.68. The van der Waals surface area contributed by atoms with Crippen molar-refractivity contribution in [3.05, 3.63) is 59.3 Å². The number of aliphatic hydroxyl groups excluding tert-OH is 2. The van der Waals surface area contributed by atoms with Gasteiger partial charge in [-0.15, -0.1) is 0 Å². The molecule has 0 amide bonds. The van der Waals surface area contributed by atoms with E-state index in [0.717, 1.165) is 16.0 Å². The molecule has 4 rings (SSSR count). The van der Waals surface area contributed by atoms with Crippen LogP contribution in [-0.4, -0.2) is 44.6 Å². The van der Waals surface area contributed by atoms with Crippen molar-refractivity contribution >= 4 is 28.6 Å². The monoisotopic (exact) mass is 443 g/mol. The zero-order valence-corrected chi connectivity index (χ0v) is 18.0. The SMILES string of the molecule is Cc1ccc2nc(N3Cc4ccccc4SC(O)C3O)nc(C(N)C(F)CCN)c2c1. The Morgan fingerprint density at radius 1 is 1.23 bits per heavy atom. The summed E-state index contributed by atoms with van der Waals surface area (Å²) < 4.78 is 14.7. The highest BCUT2D eigenvalue weighted by Gasteiger charge is 2.33. The lowest BCUT2D eigenvalue weighted by atomic mass is 10.0. The Kier molecular flexibility index (Phi) is 6.40. The van der Waals surface area contributed by atoms with E-state index in [1.165, 1.54) is 16.7 Å². The summed E-state index contributed by atoms with van der Waals surface area (Å²) in [5.74, 6) is 0.186. The summed E-state index contributed by atoms with van der Waals surface area (Å²) in [5.41, 5.74) is 13.5. The minimum Gasteiger partial charge on any atom is -0.377 e. The Balaban J connectivity index is 1.84. The molecule has 0 fully saturated rings. The highest BCUT2D eigenvalue weighted by molar-refractivity contribution is 7.99. The van der Waals surface area contributed by atoms with E-state index in [0.29, 0.717) is 16.6 Å². The van der Waals surface area contributed by atoms with Gasteiger partial charge in [0, 0.05) is 16.8 Å². The number of aromatic nitrogens is 2. The molecule has 1 aromatic heterocycles. The first-order valence-electron chi connectivity index (χ1n) is 10.1. The molecule has 7 nitrogen and oxygen atoms in total. The fourth-order valence-electron chi connectivity index (χ4n) is 3.71. The summed E-state index contributed by atoms with van der Waals surface area (Å²) in [6, 6.07) is 12.2. The fraction of sp³-hybridized carbons (Fsp3) is 0.364. The molecule has 4 atom stereocenters. The maximum absolute atomic E-state index is 14.7. The molecule has 1 aliphatic heterocycles. The molecule has 0 saturated heterocycles. The smallest absolute Gasteiger partial charge is 0.228 e. The molecule has 3 aromatic rings. The largest absolute Gasteiger partial charge is 0.377 e. The van der Waals surface area contributed by atoms with E-state index >= 15 is 0 Å². The van der Waals surface area contributed by atoms with Gasteiger partial charge in [-0.1, -0.05) is 41.6 Å². The topological polar surface area (TPSA) is 122 Å². The number of hydrogen-bond donors (Lipinski definition) is 4. The molecule has 0 spiro atoms. The van der Waals surface area contributed by atoms with Crippen LogP contribution in [0.15, 0.2) is 47.4 Å². The van der Waals surface area contributed by atoms with Crippen LogP contribution in [0.1, 0.15) is 29.3 Å². The number of fused-ring (bicyclic) bond motifs is 2. The third kappa shape index (κ3) is 4.37. The number of hydrogen-bond acceptors (Lipinski definition) is 8. The van der Waals surface area contributed by atoms with Crippen molar-refractivity contribution in [2.45, 2.75) is 48.7 Å². The molecule has 0 aliphatic carbocycles. The summed E-state index contributed by atoms with van der Waals surface area (Å²) in [6.45, 7) is 2.39. The van der Waals surface area contributed by atoms with Gasteiger partial charge < -0.3 is 26.6 Å². The predicted molar refractivity (Wildman–Crippen MR) is 120 cm³/mol. The molecule has 31 heavy (non-hydrogen) atoms. The van der Waals surface area contributed by atoms with Crippen LogP contribution in [0.3, 0.4) is 0 Å². The van der Waals surface area contributed by atoms with E-state index < -0.39 is 23.9 Å². The van der Waals surface area contributed by atoms with Gasteiger partial charge in [0.25, 0.3) is 0 Å². The van der Waals surface area contributed by atoms with Crippen LogP contribution in [0, 0.1) is 6.92 Å². The van der Waals surface area contributed by atoms with Gasteiger partial charge in [0.15, 0.2) is 6.23 Å². The van der Waals surface area contributed by atoms with E-state index in [2.05, 4.69) is 9.97 Å². The van der Waals surface area contributed by atoms with E-state index in [1.807, 2.05) is 49.4 Å². The standard InChI is InChI=1S/C22H26FN5O2S/c1-12-6-7-16-14(10-12)19(18(25)15(23)8-9-24)27-22(26-16)28-11-13-4-2-3-5-17(13)31-21(30)20(28)29/h2-7,10,15,18,20-21,29-30H,8-9,11,24-25H2,1H3. The maximum Gasteiger partial charge on any atom is 0.228 e. The molecule has 2 heterocycles. The lowest BCUT2D eigenvalue weighted by Gasteiger charge is -2.29. The van der Waals surface area contributed by atoms with Crippen molar-refractivity contribution in [1.29, 1.82) is 0 Å². The number of alkyl halides is 1. The van der Waals surface area contributed by atoms with Crippen LogP contribution in [0.5, 0.6) is 0 Å². The molecular formula is C22H26FN5O2S. The minimum absolute atomic E-state index is 0.114. The molecular weight excluding hydrogens is 417 g/mol. The quantitative estimate of drug-likeness (QED) is 0.474. The molecule has 6 N–H and O–H groups in total. The van der Waals surface area contributed by atoms with E-state index in [1.54, 1.807) is 0 Å². The Morgan fingerprint density at radius 2 is 2.00 bits per heavy atom. The first-order valence-corrected chi connectivity index (χ1v) is 11.0. The number of aliphatic hydroxyl groups is 2. The van der Waals surface area contributed by atoms with Crippen LogP contribution < -0.4 is 16.4 Å². The number of nitrogens with zero attached hydrogens (tertiary/aromatic N) is 3. The van der Waals surface area contributed by atoms with Crippen molar-refractivity contribution in [2.24, 2.45) is 11.5 Å². The number of anilines is 1. The zero-order valence-electron chi connectivity index (χ0n) is 17.1. The second-order valence-electron chi connectivity index (χ2n) is 7.71. The number of aryl methyl sites for hydroxylation is 1. The van der Waals surface area contributed by atoms with Crippen molar-refractivity contribution < 1.29 is 14.6 Å². The Bertz CT molecular complexity index is 1080. The van der Waals surface area contributed by atoms with Gasteiger partial charge >= 0.3 is 0 Å². The number of rotatable bonds is 5. The van der Waals surface area contributed by atoms with E-state index in [-0.39, 0.29) is 25.5 Å². The summed E-state index contributed by atoms with van der Waals surface area (Å²) in [5, 5.41) is 22.0. The van der Waals surface area contributed by atoms with E-state index in [4.69, 9.17) is 11.5 Å². The molecule has 0 bridgehead atoms. The lowest BCUT2D eigenvalue weighted by Crippen LogP contribution is -2.42. The summed E-state index contributed by atoms with van der Waals surface area (Å²) >= 11 is 1.18. The molecule has 9 heteroatoms. The average molecular weight is 444 g/mol. The maximum atomic E-state index is 14.7. The molecule has 0 radical (unpaired) electrons. The predicted octanol–water partition coefficient (Wildman–Crippen LogP) is 2.37. The number of nitrogens with two attached hydrogens (primary N) is 2. The minimum atomic E-state index is -1.37. The molecule has 164 valence electrons. The van der Waals surface area contributed by atoms with Gasteiger partial charge in [-0.05, 0) is 43.7 Å². The van der Waals surface area contributed by atoms with Gasteiger partial charge in [0.2, 0.25) is 5.95 Å². The van der Waals surface area contributed by atoms with Crippen LogP contribution in [-0.2, 0) is 6.54 Å². The van der Waals surface area contributed by atoms with Gasteiger partial charge in [-0.2, -0.15) is 0 Å². The van der Waals surface area contributed by atoms with Crippen LogP contribution >= 0.6 is 11.8 Å². The molecule has 1 aliphatic rings. The number of benzene rings is 2. The molecule has 0 saturated carbocycles. The van der Waals surface area contributed by atoms with E-state index in [9.17, 15) is 14.6 Å². The molecule has 2 aromatic carbocycles. The third-order valence-electron chi connectivity index (χ3n) is 5.41. The van der Waals surface area contributed by atoms with Crippen LogP contribution in [0.25, 0.3) is 10.9 Å². The van der Waals surface area contributed by atoms with Crippen LogP contribution in [0.4, 0.5) is 10.3 Å². The van der Waals surface area contributed by atoms with Gasteiger partial charge in [0.05, 0.1) is 17.3 Å². The number of thioether (sulfide) groups is 1. The van der Waals surface area contributed by atoms with Gasteiger partial charge in [-0.25, -0.2) is 14.4 Å². The Labute approximate surface area is 184 Å². The van der Waals surface area contributed by atoms with Crippen molar-refractivity contribution in [3.63, 3.8) is 0 Å². The van der Waals surface area contributed by atoms with Gasteiger partial charge in [-0.3, -0.25) is 0 Å². The summed E-state index contributed by atoms with van der Waals surface area (Å²) in [7, 11) is 0. The highest BCUT2D eigenvalue weighted by atomic mass is 32.2.